The molecule has 3 heterocycles. The van der Waals surface area contributed by atoms with Gasteiger partial charge in [0, 0.05) is 38.6 Å². The van der Waals surface area contributed by atoms with Gasteiger partial charge in [-0.1, -0.05) is 188 Å². The standard InChI is InChI=1S/C57H40N4O/c1-4-14-37(15-5-1)40-26-30-42(31-27-40)55-58-56(43-32-28-41(29-33-43)38-16-6-2-7-17-38)60-57(59-55)48-22-13-25-52-53(48)47-21-12-24-50(54(47)62-52)61-49-23-11-10-20-45(49)46-35-34-44(36-51(46)61)39-18-8-3-9-19-39/h1-28,30-36,41,55H,29H2,(H,58,59,60). The Morgan fingerprint density at radius 1 is 0.548 bits per heavy atom. The number of benzene rings is 8. The van der Waals surface area contributed by atoms with E-state index in [4.69, 9.17) is 14.4 Å². The van der Waals surface area contributed by atoms with E-state index in [9.17, 15) is 0 Å². The maximum atomic E-state index is 6.96. The van der Waals surface area contributed by atoms with Crippen molar-refractivity contribution in [1.82, 2.24) is 9.88 Å². The molecule has 5 heteroatoms. The van der Waals surface area contributed by atoms with Crippen molar-refractivity contribution >= 4 is 55.4 Å². The number of hydrogen-bond donors (Lipinski definition) is 1. The van der Waals surface area contributed by atoms with Crippen LogP contribution in [0.2, 0.25) is 0 Å². The number of fused-ring (bicyclic) bond motifs is 6. The maximum absolute atomic E-state index is 6.96. The Morgan fingerprint density at radius 2 is 1.21 bits per heavy atom. The summed E-state index contributed by atoms with van der Waals surface area (Å²) in [4.78, 5) is 10.6. The number of hydrogen-bond acceptors (Lipinski definition) is 4. The van der Waals surface area contributed by atoms with E-state index < -0.39 is 0 Å². The van der Waals surface area contributed by atoms with Crippen molar-refractivity contribution in [2.75, 3.05) is 0 Å². The van der Waals surface area contributed by atoms with Crippen LogP contribution in [0.4, 0.5) is 0 Å². The summed E-state index contributed by atoms with van der Waals surface area (Å²) in [6.45, 7) is 0. The molecule has 2 aromatic heterocycles. The van der Waals surface area contributed by atoms with Crippen LogP contribution >= 0.6 is 0 Å². The Morgan fingerprint density at radius 3 is 1.98 bits per heavy atom. The fourth-order valence-corrected chi connectivity index (χ4v) is 9.35. The minimum atomic E-state index is -0.358. The van der Waals surface area contributed by atoms with Crippen LogP contribution in [-0.4, -0.2) is 16.2 Å². The van der Waals surface area contributed by atoms with Crippen LogP contribution in [0.3, 0.4) is 0 Å². The normalized spacial score (nSPS) is 16.4. The second-order valence-electron chi connectivity index (χ2n) is 16.1. The number of amidine groups is 2. The monoisotopic (exact) mass is 796 g/mol. The molecule has 0 saturated heterocycles. The molecular weight excluding hydrogens is 757 g/mol. The van der Waals surface area contributed by atoms with Gasteiger partial charge in [0.1, 0.15) is 17.6 Å². The summed E-state index contributed by atoms with van der Waals surface area (Å²) in [5.74, 6) is 1.78. The number of allylic oxidation sites excluding steroid dienone is 2. The second kappa shape index (κ2) is 14.9. The van der Waals surface area contributed by atoms with Crippen LogP contribution in [0.1, 0.15) is 35.2 Å². The summed E-state index contributed by atoms with van der Waals surface area (Å²) in [7, 11) is 0. The van der Waals surface area contributed by atoms with Crippen molar-refractivity contribution in [3.8, 4) is 27.9 Å². The van der Waals surface area contributed by atoms with Gasteiger partial charge in [-0.15, -0.1) is 0 Å². The van der Waals surface area contributed by atoms with E-state index in [-0.39, 0.29) is 6.17 Å². The van der Waals surface area contributed by atoms with Gasteiger partial charge in [-0.25, -0.2) is 9.98 Å². The van der Waals surface area contributed by atoms with Crippen molar-refractivity contribution in [2.45, 2.75) is 18.5 Å². The number of aromatic nitrogens is 1. The van der Waals surface area contributed by atoms with Gasteiger partial charge in [0.2, 0.25) is 0 Å². The molecule has 0 bridgehead atoms. The van der Waals surface area contributed by atoms with Gasteiger partial charge in [-0.3, -0.25) is 0 Å². The van der Waals surface area contributed by atoms with E-state index in [2.05, 4.69) is 216 Å². The van der Waals surface area contributed by atoms with Crippen molar-refractivity contribution < 1.29 is 4.42 Å². The Kier molecular flexibility index (Phi) is 8.63. The molecule has 0 amide bonds. The Balaban J connectivity index is 0.995. The first kappa shape index (κ1) is 35.9. The number of furan rings is 1. The summed E-state index contributed by atoms with van der Waals surface area (Å²) < 4.78 is 9.32. The van der Waals surface area contributed by atoms with Gasteiger partial charge >= 0.3 is 0 Å². The third-order valence-electron chi connectivity index (χ3n) is 12.4. The topological polar surface area (TPSA) is 54.8 Å². The van der Waals surface area contributed by atoms with E-state index in [0.29, 0.717) is 11.8 Å². The predicted molar refractivity (Wildman–Crippen MR) is 256 cm³/mol. The zero-order valence-corrected chi connectivity index (χ0v) is 33.8. The maximum Gasteiger partial charge on any atom is 0.159 e. The highest BCUT2D eigenvalue weighted by Crippen LogP contribution is 2.41. The zero-order chi connectivity index (χ0) is 41.0. The van der Waals surface area contributed by atoms with E-state index in [1.807, 2.05) is 6.07 Å². The molecule has 10 aromatic rings. The third kappa shape index (κ3) is 6.17. The quantitative estimate of drug-likeness (QED) is 0.175. The molecule has 1 N–H and O–H groups in total. The average Bonchev–Trinajstić information content (AvgIpc) is 3.91. The Labute approximate surface area is 359 Å². The first-order valence-corrected chi connectivity index (χ1v) is 21.3. The van der Waals surface area contributed by atoms with Gasteiger partial charge in [-0.05, 0) is 64.1 Å². The van der Waals surface area contributed by atoms with Crippen molar-refractivity contribution in [3.05, 3.63) is 235 Å². The Hall–Kier alpha value is -8.02. The number of rotatable bonds is 7. The molecule has 1 aliphatic carbocycles. The van der Waals surface area contributed by atoms with Crippen LogP contribution in [0.15, 0.2) is 232 Å². The first-order valence-electron chi connectivity index (χ1n) is 21.3. The van der Waals surface area contributed by atoms with Crippen molar-refractivity contribution in [2.24, 2.45) is 9.98 Å². The van der Waals surface area contributed by atoms with Gasteiger partial charge in [0.15, 0.2) is 11.4 Å². The Bertz CT molecular complexity index is 3450. The molecule has 294 valence electrons. The van der Waals surface area contributed by atoms with Crippen LogP contribution in [-0.2, 0) is 0 Å². The molecule has 0 radical (unpaired) electrons. The zero-order valence-electron chi connectivity index (χ0n) is 33.8. The minimum absolute atomic E-state index is 0.312. The van der Waals surface area contributed by atoms with Gasteiger partial charge < -0.3 is 14.3 Å². The molecule has 0 saturated carbocycles. The summed E-state index contributed by atoms with van der Waals surface area (Å²) in [5.41, 5.74) is 13.9. The van der Waals surface area contributed by atoms with Gasteiger partial charge in [0.25, 0.3) is 0 Å². The molecule has 0 spiro atoms. The van der Waals surface area contributed by atoms with E-state index in [1.54, 1.807) is 0 Å². The fraction of sp³-hybridized carbons (Fsp3) is 0.0526. The molecule has 8 aromatic carbocycles. The molecule has 0 fully saturated rings. The highest BCUT2D eigenvalue weighted by Gasteiger charge is 2.26. The van der Waals surface area contributed by atoms with Crippen LogP contribution < -0.4 is 5.32 Å². The number of nitrogens with one attached hydrogen (secondary N) is 1. The van der Waals surface area contributed by atoms with Gasteiger partial charge in [-0.2, -0.15) is 0 Å². The van der Waals surface area contributed by atoms with Gasteiger partial charge in [0.05, 0.1) is 16.7 Å². The lowest BCUT2D eigenvalue weighted by Gasteiger charge is -2.25. The first-order chi connectivity index (χ1) is 30.7. The molecule has 2 unspecified atom stereocenters. The lowest BCUT2D eigenvalue weighted by Crippen LogP contribution is -2.33. The van der Waals surface area contributed by atoms with Crippen LogP contribution in [0.5, 0.6) is 0 Å². The number of aliphatic imine (C=N–C) groups is 2. The van der Waals surface area contributed by atoms with E-state index >= 15 is 0 Å². The lowest BCUT2D eigenvalue weighted by molar-refractivity contribution is 0.665. The lowest BCUT2D eigenvalue weighted by atomic mass is 9.90. The molecular formula is C57H40N4O. The van der Waals surface area contributed by atoms with E-state index in [1.165, 1.54) is 33.0 Å². The molecule has 12 rings (SSSR count). The third-order valence-corrected chi connectivity index (χ3v) is 12.4. The predicted octanol–water partition coefficient (Wildman–Crippen LogP) is 14.1. The second-order valence-corrected chi connectivity index (χ2v) is 16.1. The molecule has 5 nitrogen and oxygen atoms in total. The molecule has 1 aliphatic heterocycles. The smallest absolute Gasteiger partial charge is 0.159 e. The summed E-state index contributed by atoms with van der Waals surface area (Å²) in [5, 5.41) is 8.21. The molecule has 62 heavy (non-hydrogen) atoms. The number of para-hydroxylation sites is 2. The van der Waals surface area contributed by atoms with Crippen LogP contribution in [0, 0.1) is 0 Å². The minimum Gasteiger partial charge on any atom is -0.454 e. The highest BCUT2D eigenvalue weighted by molar-refractivity contribution is 6.23. The summed E-state index contributed by atoms with van der Waals surface area (Å²) in [6.07, 6.45) is 7.29. The highest BCUT2D eigenvalue weighted by atomic mass is 16.3. The van der Waals surface area contributed by atoms with E-state index in [0.717, 1.165) is 73.2 Å². The molecule has 2 atom stereocenters. The fourth-order valence-electron chi connectivity index (χ4n) is 9.35. The number of nitrogens with zero attached hydrogens (tertiary/aromatic N) is 3. The van der Waals surface area contributed by atoms with Crippen molar-refractivity contribution in [1.29, 1.82) is 0 Å². The summed E-state index contributed by atoms with van der Waals surface area (Å²) in [6, 6.07) is 68.7. The van der Waals surface area contributed by atoms with Crippen molar-refractivity contribution in [3.63, 3.8) is 0 Å². The summed E-state index contributed by atoms with van der Waals surface area (Å²) >= 11 is 0. The molecule has 2 aliphatic rings. The SMILES string of the molecule is C1=CC(c2ccccc2)CC=C1C1=NC(c2ccc(-c3ccccc3)cc2)NC(c2cccc3oc4c(-n5c6ccccc6c6ccc(-c7ccccc7)cc65)cccc4c23)=N1. The largest absolute Gasteiger partial charge is 0.454 e. The van der Waals surface area contributed by atoms with Crippen LogP contribution in [0.25, 0.3) is 71.7 Å². The average molecular weight is 797 g/mol.